The first kappa shape index (κ1) is 13.8. The fourth-order valence-corrected chi connectivity index (χ4v) is 3.06. The molecule has 3 heteroatoms. The molecule has 0 radical (unpaired) electrons. The van der Waals surface area contributed by atoms with Gasteiger partial charge in [0.1, 0.15) is 0 Å². The van der Waals surface area contributed by atoms with Crippen molar-refractivity contribution in [2.75, 3.05) is 24.2 Å². The second kappa shape index (κ2) is 7.70. The van der Waals surface area contributed by atoms with E-state index in [1.54, 1.807) is 0 Å². The Morgan fingerprint density at radius 3 is 2.78 bits per heavy atom. The summed E-state index contributed by atoms with van der Waals surface area (Å²) < 4.78 is 0. The van der Waals surface area contributed by atoms with Gasteiger partial charge in [0.15, 0.2) is 0 Å². The van der Waals surface area contributed by atoms with Crippen molar-refractivity contribution in [1.82, 2.24) is 5.32 Å². The van der Waals surface area contributed by atoms with E-state index in [0.29, 0.717) is 0 Å². The van der Waals surface area contributed by atoms with E-state index in [0.717, 1.165) is 18.3 Å². The van der Waals surface area contributed by atoms with Crippen molar-refractivity contribution in [2.24, 2.45) is 0 Å². The Balaban J connectivity index is 1.69. The molecule has 1 fully saturated rings. The summed E-state index contributed by atoms with van der Waals surface area (Å²) in [7, 11) is 0. The molecule has 0 aliphatic carbocycles. The summed E-state index contributed by atoms with van der Waals surface area (Å²) in [6, 6.07) is 9.50. The molecule has 1 aliphatic rings. The van der Waals surface area contributed by atoms with E-state index in [-0.39, 0.29) is 0 Å². The maximum absolute atomic E-state index is 3.59. The van der Waals surface area contributed by atoms with Crippen LogP contribution in [-0.4, -0.2) is 24.9 Å². The van der Waals surface area contributed by atoms with Gasteiger partial charge >= 0.3 is 0 Å². The molecular weight excluding hydrogens is 240 g/mol. The number of nitrogens with one attached hydrogen (secondary N) is 2. The molecular formula is C15H24N2S. The SMILES string of the molecule is CCSc1ccc(NCCC2CCCCN2)cc1. The highest BCUT2D eigenvalue weighted by atomic mass is 32.2. The first-order valence-electron chi connectivity index (χ1n) is 7.08. The molecule has 1 aromatic rings. The minimum Gasteiger partial charge on any atom is -0.385 e. The van der Waals surface area contributed by atoms with Crippen LogP contribution in [0.2, 0.25) is 0 Å². The zero-order valence-electron chi connectivity index (χ0n) is 11.2. The van der Waals surface area contributed by atoms with E-state index in [4.69, 9.17) is 0 Å². The Morgan fingerprint density at radius 1 is 1.28 bits per heavy atom. The van der Waals surface area contributed by atoms with Gasteiger partial charge in [0.05, 0.1) is 0 Å². The van der Waals surface area contributed by atoms with E-state index >= 15 is 0 Å². The van der Waals surface area contributed by atoms with Crippen LogP contribution in [-0.2, 0) is 0 Å². The number of piperidine rings is 1. The summed E-state index contributed by atoms with van der Waals surface area (Å²) >= 11 is 1.89. The fourth-order valence-electron chi connectivity index (χ4n) is 2.40. The first-order valence-corrected chi connectivity index (χ1v) is 8.07. The molecule has 0 amide bonds. The standard InChI is InChI=1S/C15H24N2S/c1-2-18-15-8-6-14(7-9-15)17-12-10-13-5-3-4-11-16-13/h6-9,13,16-17H,2-5,10-12H2,1H3. The van der Waals surface area contributed by atoms with Crippen LogP contribution < -0.4 is 10.6 Å². The third-order valence-corrected chi connectivity index (χ3v) is 4.29. The van der Waals surface area contributed by atoms with Crippen LogP contribution >= 0.6 is 11.8 Å². The van der Waals surface area contributed by atoms with Crippen molar-refractivity contribution in [3.05, 3.63) is 24.3 Å². The smallest absolute Gasteiger partial charge is 0.0340 e. The molecule has 1 heterocycles. The number of thioether (sulfide) groups is 1. The van der Waals surface area contributed by atoms with Gasteiger partial charge in [-0.15, -0.1) is 11.8 Å². The van der Waals surface area contributed by atoms with Gasteiger partial charge in [0.2, 0.25) is 0 Å². The number of benzene rings is 1. The maximum atomic E-state index is 3.59. The Labute approximate surface area is 115 Å². The predicted molar refractivity (Wildman–Crippen MR) is 81.6 cm³/mol. The Kier molecular flexibility index (Phi) is 5.88. The van der Waals surface area contributed by atoms with Crippen molar-refractivity contribution in [3.63, 3.8) is 0 Å². The Hall–Kier alpha value is -0.670. The van der Waals surface area contributed by atoms with Crippen LogP contribution in [0.25, 0.3) is 0 Å². The average molecular weight is 264 g/mol. The highest BCUT2D eigenvalue weighted by molar-refractivity contribution is 7.99. The van der Waals surface area contributed by atoms with E-state index in [1.165, 1.54) is 42.8 Å². The first-order chi connectivity index (χ1) is 8.88. The largest absolute Gasteiger partial charge is 0.385 e. The van der Waals surface area contributed by atoms with Gasteiger partial charge in [-0.25, -0.2) is 0 Å². The summed E-state index contributed by atoms with van der Waals surface area (Å²) in [6.45, 7) is 4.46. The third-order valence-electron chi connectivity index (χ3n) is 3.40. The topological polar surface area (TPSA) is 24.1 Å². The molecule has 1 unspecified atom stereocenters. The molecule has 1 aliphatic heterocycles. The molecule has 2 rings (SSSR count). The van der Waals surface area contributed by atoms with Crippen molar-refractivity contribution >= 4 is 17.4 Å². The lowest BCUT2D eigenvalue weighted by atomic mass is 10.0. The van der Waals surface area contributed by atoms with Crippen LogP contribution in [0, 0.1) is 0 Å². The summed E-state index contributed by atoms with van der Waals surface area (Å²) in [5, 5.41) is 7.10. The van der Waals surface area contributed by atoms with Gasteiger partial charge < -0.3 is 10.6 Å². The summed E-state index contributed by atoms with van der Waals surface area (Å²) in [6.07, 6.45) is 5.31. The number of anilines is 1. The quantitative estimate of drug-likeness (QED) is 0.765. The lowest BCUT2D eigenvalue weighted by molar-refractivity contribution is 0.389. The maximum Gasteiger partial charge on any atom is 0.0340 e. The lowest BCUT2D eigenvalue weighted by Gasteiger charge is -2.23. The van der Waals surface area contributed by atoms with Crippen molar-refractivity contribution in [2.45, 2.75) is 43.5 Å². The normalized spacial score (nSPS) is 19.7. The second-order valence-electron chi connectivity index (χ2n) is 4.82. The van der Waals surface area contributed by atoms with E-state index in [9.17, 15) is 0 Å². The molecule has 100 valence electrons. The molecule has 0 saturated carbocycles. The van der Waals surface area contributed by atoms with Crippen LogP contribution in [0.5, 0.6) is 0 Å². The monoisotopic (exact) mass is 264 g/mol. The van der Waals surface area contributed by atoms with E-state index < -0.39 is 0 Å². The zero-order chi connectivity index (χ0) is 12.6. The van der Waals surface area contributed by atoms with Crippen molar-refractivity contribution < 1.29 is 0 Å². The molecule has 0 aromatic heterocycles. The molecule has 2 nitrogen and oxygen atoms in total. The second-order valence-corrected chi connectivity index (χ2v) is 6.16. The predicted octanol–water partition coefficient (Wildman–Crippen LogP) is 3.74. The van der Waals surface area contributed by atoms with Crippen LogP contribution in [0.4, 0.5) is 5.69 Å². The van der Waals surface area contributed by atoms with Crippen LogP contribution in [0.1, 0.15) is 32.6 Å². The highest BCUT2D eigenvalue weighted by Gasteiger charge is 2.11. The van der Waals surface area contributed by atoms with Gasteiger partial charge in [-0.3, -0.25) is 0 Å². The Bertz CT molecular complexity index is 331. The number of hydrogen-bond donors (Lipinski definition) is 2. The molecule has 0 bridgehead atoms. The summed E-state index contributed by atoms with van der Waals surface area (Å²) in [5.74, 6) is 1.14. The third kappa shape index (κ3) is 4.54. The summed E-state index contributed by atoms with van der Waals surface area (Å²) in [5.41, 5.74) is 1.24. The van der Waals surface area contributed by atoms with Gasteiger partial charge in [-0.1, -0.05) is 13.3 Å². The summed E-state index contributed by atoms with van der Waals surface area (Å²) in [4.78, 5) is 1.36. The van der Waals surface area contributed by atoms with Gasteiger partial charge in [-0.2, -0.15) is 0 Å². The fraction of sp³-hybridized carbons (Fsp3) is 0.600. The number of rotatable bonds is 6. The molecule has 2 N–H and O–H groups in total. The molecule has 1 atom stereocenters. The zero-order valence-corrected chi connectivity index (χ0v) is 12.1. The molecule has 1 saturated heterocycles. The van der Waals surface area contributed by atoms with Gasteiger partial charge in [0.25, 0.3) is 0 Å². The number of hydrogen-bond acceptors (Lipinski definition) is 3. The van der Waals surface area contributed by atoms with Crippen LogP contribution in [0.3, 0.4) is 0 Å². The van der Waals surface area contributed by atoms with Gasteiger partial charge in [0, 0.05) is 23.2 Å². The lowest BCUT2D eigenvalue weighted by Crippen LogP contribution is -2.35. The minimum absolute atomic E-state index is 0.723. The minimum atomic E-state index is 0.723. The van der Waals surface area contributed by atoms with E-state index in [2.05, 4.69) is 41.8 Å². The highest BCUT2D eigenvalue weighted by Crippen LogP contribution is 2.20. The van der Waals surface area contributed by atoms with Crippen molar-refractivity contribution in [1.29, 1.82) is 0 Å². The molecule has 18 heavy (non-hydrogen) atoms. The average Bonchev–Trinajstić information content (AvgIpc) is 2.42. The van der Waals surface area contributed by atoms with Crippen molar-refractivity contribution in [3.8, 4) is 0 Å². The molecule has 0 spiro atoms. The van der Waals surface area contributed by atoms with E-state index in [1.807, 2.05) is 11.8 Å². The Morgan fingerprint density at radius 2 is 2.11 bits per heavy atom. The van der Waals surface area contributed by atoms with Crippen LogP contribution in [0.15, 0.2) is 29.2 Å². The van der Waals surface area contributed by atoms with Gasteiger partial charge in [-0.05, 0) is 55.8 Å². The molecule has 1 aromatic carbocycles.